The quantitative estimate of drug-likeness (QED) is 0.758. The number of anilines is 1. The first-order valence-corrected chi connectivity index (χ1v) is 5.48. The van der Waals surface area contributed by atoms with Crippen molar-refractivity contribution in [1.29, 1.82) is 0 Å². The Hall–Kier alpha value is -1.58. The Bertz CT molecular complexity index is 394. The van der Waals surface area contributed by atoms with Gasteiger partial charge in [0.25, 0.3) is 0 Å². The third kappa shape index (κ3) is 2.15. The minimum Gasteiger partial charge on any atom is -0.481 e. The number of hydrogen-bond acceptors (Lipinski definition) is 4. The zero-order valence-electron chi connectivity index (χ0n) is 9.69. The van der Waals surface area contributed by atoms with Crippen molar-refractivity contribution in [2.24, 2.45) is 0 Å². The number of carbonyl (C=O) groups is 1. The molecule has 1 aliphatic rings. The Morgan fingerprint density at radius 1 is 1.38 bits per heavy atom. The number of pyridine rings is 1. The topological polar surface area (TPSA) is 42.4 Å². The number of rotatable bonds is 2. The fourth-order valence-electron chi connectivity index (χ4n) is 1.95. The Labute approximate surface area is 95.2 Å². The summed E-state index contributed by atoms with van der Waals surface area (Å²) in [4.78, 5) is 17.6. The van der Waals surface area contributed by atoms with Crippen LogP contribution in [0.25, 0.3) is 0 Å². The molecule has 0 saturated carbocycles. The van der Waals surface area contributed by atoms with Crippen LogP contribution in [0.4, 0.5) is 5.69 Å². The molecule has 4 heteroatoms. The van der Waals surface area contributed by atoms with Crippen molar-refractivity contribution in [3.63, 3.8) is 0 Å². The average Bonchev–Trinajstić information content (AvgIpc) is 2.30. The Morgan fingerprint density at radius 3 is 2.62 bits per heavy atom. The summed E-state index contributed by atoms with van der Waals surface area (Å²) < 4.78 is 5.12. The normalized spacial score (nSPS) is 16.4. The van der Waals surface area contributed by atoms with Gasteiger partial charge in [-0.1, -0.05) is 0 Å². The van der Waals surface area contributed by atoms with E-state index < -0.39 is 0 Å². The van der Waals surface area contributed by atoms with Crippen molar-refractivity contribution in [2.45, 2.75) is 19.8 Å². The highest BCUT2D eigenvalue weighted by Gasteiger charge is 2.17. The van der Waals surface area contributed by atoms with Crippen LogP contribution >= 0.6 is 0 Å². The number of methoxy groups -OCH3 is 1. The molecular formula is C12H16N2O2. The molecule has 16 heavy (non-hydrogen) atoms. The number of nitrogens with zero attached hydrogens (tertiary/aromatic N) is 2. The molecule has 0 radical (unpaired) electrons. The summed E-state index contributed by atoms with van der Waals surface area (Å²) in [6, 6.07) is 2.06. The lowest BCUT2D eigenvalue weighted by Crippen LogP contribution is -2.33. The van der Waals surface area contributed by atoms with E-state index in [1.807, 2.05) is 13.1 Å². The van der Waals surface area contributed by atoms with Gasteiger partial charge in [-0.15, -0.1) is 0 Å². The highest BCUT2D eigenvalue weighted by molar-refractivity contribution is 5.81. The maximum absolute atomic E-state index is 11.1. The maximum atomic E-state index is 11.1. The van der Waals surface area contributed by atoms with Gasteiger partial charge in [-0.3, -0.25) is 4.79 Å². The molecule has 0 bridgehead atoms. The summed E-state index contributed by atoms with van der Waals surface area (Å²) in [6.07, 6.45) is 3.10. The number of ketones is 1. The molecule has 86 valence electrons. The van der Waals surface area contributed by atoms with Crippen LogP contribution in [-0.2, 0) is 4.79 Å². The lowest BCUT2D eigenvalue weighted by atomic mass is 10.1. The van der Waals surface area contributed by atoms with Gasteiger partial charge in [-0.25, -0.2) is 4.98 Å². The molecule has 1 aromatic heterocycles. The molecule has 0 amide bonds. The molecule has 0 aliphatic carbocycles. The summed E-state index contributed by atoms with van der Waals surface area (Å²) in [7, 11) is 1.62. The van der Waals surface area contributed by atoms with Crippen molar-refractivity contribution >= 4 is 11.5 Å². The summed E-state index contributed by atoms with van der Waals surface area (Å²) in [5.74, 6) is 1.02. The third-order valence-electron chi connectivity index (χ3n) is 2.90. The molecule has 1 saturated heterocycles. The van der Waals surface area contributed by atoms with E-state index in [2.05, 4.69) is 16.0 Å². The first kappa shape index (κ1) is 10.9. The zero-order valence-corrected chi connectivity index (χ0v) is 9.69. The number of ether oxygens (including phenoxy) is 1. The standard InChI is InChI=1S/C12H16N2O2/c1-9-7-10(8-13-12(9)16-2)14-5-3-11(15)4-6-14/h7-8H,3-6H2,1-2H3. The molecule has 0 unspecified atom stereocenters. The van der Waals surface area contributed by atoms with Crippen molar-refractivity contribution < 1.29 is 9.53 Å². The predicted molar refractivity (Wildman–Crippen MR) is 62.0 cm³/mol. The van der Waals surface area contributed by atoms with Crippen LogP contribution in [-0.4, -0.2) is 31.0 Å². The second-order valence-electron chi connectivity index (χ2n) is 4.05. The van der Waals surface area contributed by atoms with Crippen LogP contribution in [0, 0.1) is 6.92 Å². The minimum absolute atomic E-state index is 0.356. The van der Waals surface area contributed by atoms with Crippen molar-refractivity contribution in [1.82, 2.24) is 4.98 Å². The van der Waals surface area contributed by atoms with Gasteiger partial charge in [0.1, 0.15) is 5.78 Å². The first-order valence-electron chi connectivity index (χ1n) is 5.48. The van der Waals surface area contributed by atoms with E-state index >= 15 is 0 Å². The fraction of sp³-hybridized carbons (Fsp3) is 0.500. The van der Waals surface area contributed by atoms with Crippen molar-refractivity contribution in [2.75, 3.05) is 25.1 Å². The van der Waals surface area contributed by atoms with Crippen LogP contribution < -0.4 is 9.64 Å². The van der Waals surface area contributed by atoms with E-state index in [0.29, 0.717) is 24.5 Å². The van der Waals surface area contributed by atoms with Crippen LogP contribution in [0.3, 0.4) is 0 Å². The van der Waals surface area contributed by atoms with Crippen LogP contribution in [0.15, 0.2) is 12.3 Å². The summed E-state index contributed by atoms with van der Waals surface area (Å²) >= 11 is 0. The number of carbonyl (C=O) groups excluding carboxylic acids is 1. The molecule has 1 aliphatic heterocycles. The van der Waals surface area contributed by atoms with Crippen LogP contribution in [0.2, 0.25) is 0 Å². The van der Waals surface area contributed by atoms with Crippen LogP contribution in [0.1, 0.15) is 18.4 Å². The first-order chi connectivity index (χ1) is 7.70. The molecule has 0 aromatic carbocycles. The van der Waals surface area contributed by atoms with Gasteiger partial charge in [0.15, 0.2) is 0 Å². The Balaban J connectivity index is 2.15. The number of piperidine rings is 1. The van der Waals surface area contributed by atoms with Gasteiger partial charge < -0.3 is 9.64 Å². The molecule has 0 spiro atoms. The molecule has 0 atom stereocenters. The third-order valence-corrected chi connectivity index (χ3v) is 2.90. The Kier molecular flexibility index (Phi) is 3.08. The van der Waals surface area contributed by atoms with Crippen LogP contribution in [0.5, 0.6) is 5.88 Å². The van der Waals surface area contributed by atoms with Gasteiger partial charge in [-0.2, -0.15) is 0 Å². The fourth-order valence-corrected chi connectivity index (χ4v) is 1.95. The van der Waals surface area contributed by atoms with E-state index in [1.54, 1.807) is 7.11 Å². The highest BCUT2D eigenvalue weighted by atomic mass is 16.5. The average molecular weight is 220 g/mol. The lowest BCUT2D eigenvalue weighted by Gasteiger charge is -2.28. The number of Topliss-reactive ketones (excluding diaryl/α,β-unsaturated/α-hetero) is 1. The Morgan fingerprint density at radius 2 is 2.06 bits per heavy atom. The van der Waals surface area contributed by atoms with E-state index in [4.69, 9.17) is 4.74 Å². The molecular weight excluding hydrogens is 204 g/mol. The summed E-state index contributed by atoms with van der Waals surface area (Å²) in [6.45, 7) is 3.57. The van der Waals surface area contributed by atoms with Crippen molar-refractivity contribution in [3.8, 4) is 5.88 Å². The maximum Gasteiger partial charge on any atom is 0.216 e. The molecule has 4 nitrogen and oxygen atoms in total. The number of aromatic nitrogens is 1. The van der Waals surface area contributed by atoms with Gasteiger partial charge in [-0.05, 0) is 13.0 Å². The second-order valence-corrected chi connectivity index (χ2v) is 4.05. The molecule has 1 aromatic rings. The van der Waals surface area contributed by atoms with Gasteiger partial charge in [0.2, 0.25) is 5.88 Å². The van der Waals surface area contributed by atoms with E-state index in [0.717, 1.165) is 24.3 Å². The minimum atomic E-state index is 0.356. The molecule has 1 fully saturated rings. The van der Waals surface area contributed by atoms with Gasteiger partial charge in [0, 0.05) is 31.5 Å². The monoisotopic (exact) mass is 220 g/mol. The number of hydrogen-bond donors (Lipinski definition) is 0. The second kappa shape index (κ2) is 4.51. The highest BCUT2D eigenvalue weighted by Crippen LogP contribution is 2.23. The lowest BCUT2D eigenvalue weighted by molar-refractivity contribution is -0.119. The predicted octanol–water partition coefficient (Wildman–Crippen LogP) is 1.57. The SMILES string of the molecule is COc1ncc(N2CCC(=O)CC2)cc1C. The van der Waals surface area contributed by atoms with Gasteiger partial charge in [0.05, 0.1) is 19.0 Å². The molecule has 2 heterocycles. The van der Waals surface area contributed by atoms with E-state index in [9.17, 15) is 4.79 Å². The zero-order chi connectivity index (χ0) is 11.5. The van der Waals surface area contributed by atoms with E-state index in [1.165, 1.54) is 0 Å². The molecule has 2 rings (SSSR count). The number of aryl methyl sites for hydroxylation is 1. The smallest absolute Gasteiger partial charge is 0.216 e. The summed E-state index contributed by atoms with van der Waals surface area (Å²) in [5.41, 5.74) is 2.10. The molecule has 0 N–H and O–H groups in total. The van der Waals surface area contributed by atoms with Gasteiger partial charge >= 0.3 is 0 Å². The largest absolute Gasteiger partial charge is 0.481 e. The summed E-state index contributed by atoms with van der Waals surface area (Å²) in [5, 5.41) is 0. The van der Waals surface area contributed by atoms with Crippen molar-refractivity contribution in [3.05, 3.63) is 17.8 Å². The van der Waals surface area contributed by atoms with E-state index in [-0.39, 0.29) is 0 Å².